The molecule has 114 valence electrons. The topological polar surface area (TPSA) is 78.4 Å². The van der Waals surface area contributed by atoms with E-state index in [1.807, 2.05) is 0 Å². The van der Waals surface area contributed by atoms with Gasteiger partial charge in [-0.2, -0.15) is 0 Å². The van der Waals surface area contributed by atoms with Crippen molar-refractivity contribution in [3.05, 3.63) is 29.8 Å². The molecule has 0 heterocycles. The summed E-state index contributed by atoms with van der Waals surface area (Å²) in [5.41, 5.74) is 0.652. The van der Waals surface area contributed by atoms with Crippen molar-refractivity contribution >= 4 is 17.7 Å². The highest BCUT2D eigenvalue weighted by Gasteiger charge is 2.18. The number of benzene rings is 1. The zero-order valence-corrected chi connectivity index (χ0v) is 12.3. The molecule has 0 unspecified atom stereocenters. The summed E-state index contributed by atoms with van der Waals surface area (Å²) in [6.07, 6.45) is 4.79. The molecule has 1 aliphatic rings. The molecule has 1 aromatic carbocycles. The number of nitrogens with one attached hydrogen (secondary N) is 2. The van der Waals surface area contributed by atoms with Crippen LogP contribution in [0.3, 0.4) is 0 Å². The smallest absolute Gasteiger partial charge is 0.335 e. The van der Waals surface area contributed by atoms with Crippen molar-refractivity contribution in [2.45, 2.75) is 32.6 Å². The zero-order chi connectivity index (χ0) is 15.2. The number of carbonyl (C=O) groups excluding carboxylic acids is 1. The first kappa shape index (κ1) is 15.4. The molecule has 0 aliphatic heterocycles. The molecule has 0 saturated heterocycles. The van der Waals surface area contributed by atoms with Gasteiger partial charge in [0, 0.05) is 12.2 Å². The number of carbonyl (C=O) groups is 2. The van der Waals surface area contributed by atoms with E-state index in [9.17, 15) is 9.59 Å². The second-order valence-corrected chi connectivity index (χ2v) is 5.85. The summed E-state index contributed by atoms with van der Waals surface area (Å²) in [6.45, 7) is 2.95. The van der Waals surface area contributed by atoms with E-state index in [0.717, 1.165) is 18.8 Å². The molecule has 0 bridgehead atoms. The summed E-state index contributed by atoms with van der Waals surface area (Å²) in [7, 11) is 0. The molecule has 5 nitrogen and oxygen atoms in total. The van der Waals surface area contributed by atoms with Gasteiger partial charge in [-0.15, -0.1) is 0 Å². The van der Waals surface area contributed by atoms with Crippen LogP contribution in [0, 0.1) is 11.8 Å². The molecule has 2 amide bonds. The van der Waals surface area contributed by atoms with Gasteiger partial charge in [0.25, 0.3) is 0 Å². The SMILES string of the molecule is CC1CCC(CNC(=O)Nc2cccc(C(=O)O)c2)CC1. The first-order valence-corrected chi connectivity index (χ1v) is 7.43. The van der Waals surface area contributed by atoms with E-state index in [-0.39, 0.29) is 11.6 Å². The van der Waals surface area contributed by atoms with Crippen molar-refractivity contribution < 1.29 is 14.7 Å². The first-order valence-electron chi connectivity index (χ1n) is 7.43. The van der Waals surface area contributed by atoms with E-state index in [2.05, 4.69) is 17.6 Å². The number of hydrogen-bond acceptors (Lipinski definition) is 2. The lowest BCUT2D eigenvalue weighted by Crippen LogP contribution is -2.34. The normalized spacial score (nSPS) is 21.6. The average Bonchev–Trinajstić information content (AvgIpc) is 2.47. The summed E-state index contributed by atoms with van der Waals surface area (Å²) in [4.78, 5) is 22.7. The number of aromatic carboxylic acids is 1. The summed E-state index contributed by atoms with van der Waals surface area (Å²) in [5.74, 6) is 0.349. The van der Waals surface area contributed by atoms with Crippen molar-refractivity contribution in [2.75, 3.05) is 11.9 Å². The molecule has 0 aromatic heterocycles. The Morgan fingerprint density at radius 1 is 1.24 bits per heavy atom. The second kappa shape index (κ2) is 7.11. The lowest BCUT2D eigenvalue weighted by Gasteiger charge is -2.26. The molecular weight excluding hydrogens is 268 g/mol. The zero-order valence-electron chi connectivity index (χ0n) is 12.3. The monoisotopic (exact) mass is 290 g/mol. The summed E-state index contributed by atoms with van der Waals surface area (Å²) in [6, 6.07) is 5.95. The fraction of sp³-hybridized carbons (Fsp3) is 0.500. The number of anilines is 1. The Balaban J connectivity index is 1.79. The number of hydrogen-bond donors (Lipinski definition) is 3. The van der Waals surface area contributed by atoms with Crippen LogP contribution >= 0.6 is 0 Å². The maximum atomic E-state index is 11.8. The molecule has 0 radical (unpaired) electrons. The summed E-state index contributed by atoms with van der Waals surface area (Å²) < 4.78 is 0. The van der Waals surface area contributed by atoms with Crippen LogP contribution in [0.5, 0.6) is 0 Å². The Labute approximate surface area is 124 Å². The third-order valence-corrected chi connectivity index (χ3v) is 4.05. The van der Waals surface area contributed by atoms with Crippen molar-refractivity contribution in [2.24, 2.45) is 11.8 Å². The molecule has 1 aromatic rings. The van der Waals surface area contributed by atoms with E-state index < -0.39 is 5.97 Å². The molecule has 1 saturated carbocycles. The molecular formula is C16H22N2O3. The third-order valence-electron chi connectivity index (χ3n) is 4.05. The highest BCUT2D eigenvalue weighted by molar-refractivity contribution is 5.93. The number of amides is 2. The van der Waals surface area contributed by atoms with Gasteiger partial charge in [0.15, 0.2) is 0 Å². The van der Waals surface area contributed by atoms with Gasteiger partial charge in [-0.25, -0.2) is 9.59 Å². The van der Waals surface area contributed by atoms with Gasteiger partial charge >= 0.3 is 12.0 Å². The molecule has 1 fully saturated rings. The van der Waals surface area contributed by atoms with Gasteiger partial charge < -0.3 is 15.7 Å². The molecule has 3 N–H and O–H groups in total. The Morgan fingerprint density at radius 2 is 1.95 bits per heavy atom. The average molecular weight is 290 g/mol. The second-order valence-electron chi connectivity index (χ2n) is 5.85. The lowest BCUT2D eigenvalue weighted by atomic mass is 9.83. The summed E-state index contributed by atoms with van der Waals surface area (Å²) in [5, 5.41) is 14.4. The van der Waals surface area contributed by atoms with Crippen LogP contribution in [0.25, 0.3) is 0 Å². The lowest BCUT2D eigenvalue weighted by molar-refractivity contribution is 0.0697. The van der Waals surface area contributed by atoms with Crippen LogP contribution in [-0.2, 0) is 0 Å². The Hall–Kier alpha value is -2.04. The Morgan fingerprint density at radius 3 is 2.62 bits per heavy atom. The summed E-state index contributed by atoms with van der Waals surface area (Å²) >= 11 is 0. The maximum absolute atomic E-state index is 11.8. The minimum atomic E-state index is -1.00. The van der Waals surface area contributed by atoms with Gasteiger partial charge in [0.05, 0.1) is 5.56 Å². The van der Waals surface area contributed by atoms with E-state index in [1.165, 1.54) is 25.0 Å². The number of rotatable bonds is 4. The molecule has 0 spiro atoms. The Kier molecular flexibility index (Phi) is 5.20. The van der Waals surface area contributed by atoms with E-state index >= 15 is 0 Å². The predicted octanol–water partition coefficient (Wildman–Crippen LogP) is 3.33. The van der Waals surface area contributed by atoms with Crippen molar-refractivity contribution in [1.82, 2.24) is 5.32 Å². The van der Waals surface area contributed by atoms with Gasteiger partial charge in [-0.05, 0) is 42.9 Å². The van der Waals surface area contributed by atoms with Crippen molar-refractivity contribution in [3.63, 3.8) is 0 Å². The quantitative estimate of drug-likeness (QED) is 0.795. The van der Waals surface area contributed by atoms with Gasteiger partial charge in [0.1, 0.15) is 0 Å². The van der Waals surface area contributed by atoms with Gasteiger partial charge in [0.2, 0.25) is 0 Å². The molecule has 0 atom stereocenters. The number of carboxylic acids is 1. The van der Waals surface area contributed by atoms with Gasteiger partial charge in [-0.1, -0.05) is 25.8 Å². The van der Waals surface area contributed by atoms with Crippen LogP contribution in [0.4, 0.5) is 10.5 Å². The number of urea groups is 1. The minimum absolute atomic E-state index is 0.161. The number of carboxylic acid groups (broad SMARTS) is 1. The van der Waals surface area contributed by atoms with Crippen LogP contribution in [-0.4, -0.2) is 23.7 Å². The van der Waals surface area contributed by atoms with Crippen LogP contribution < -0.4 is 10.6 Å². The standard InChI is InChI=1S/C16H22N2O3/c1-11-5-7-12(8-6-11)10-17-16(21)18-14-4-2-3-13(9-14)15(19)20/h2-4,9,11-12H,5-8,10H2,1H3,(H,19,20)(H2,17,18,21). The Bertz CT molecular complexity index is 508. The largest absolute Gasteiger partial charge is 0.478 e. The maximum Gasteiger partial charge on any atom is 0.335 e. The highest BCUT2D eigenvalue weighted by atomic mass is 16.4. The highest BCUT2D eigenvalue weighted by Crippen LogP contribution is 2.27. The van der Waals surface area contributed by atoms with Crippen LogP contribution in [0.1, 0.15) is 43.0 Å². The van der Waals surface area contributed by atoms with E-state index in [4.69, 9.17) is 5.11 Å². The molecule has 1 aliphatic carbocycles. The van der Waals surface area contributed by atoms with E-state index in [0.29, 0.717) is 18.2 Å². The fourth-order valence-electron chi connectivity index (χ4n) is 2.68. The third kappa shape index (κ3) is 4.77. The first-order chi connectivity index (χ1) is 10.0. The van der Waals surface area contributed by atoms with Gasteiger partial charge in [-0.3, -0.25) is 0 Å². The van der Waals surface area contributed by atoms with Crippen molar-refractivity contribution in [1.29, 1.82) is 0 Å². The van der Waals surface area contributed by atoms with Crippen LogP contribution in [0.15, 0.2) is 24.3 Å². The minimum Gasteiger partial charge on any atom is -0.478 e. The fourth-order valence-corrected chi connectivity index (χ4v) is 2.68. The predicted molar refractivity (Wildman–Crippen MR) is 81.5 cm³/mol. The molecule has 21 heavy (non-hydrogen) atoms. The van der Waals surface area contributed by atoms with Crippen molar-refractivity contribution in [3.8, 4) is 0 Å². The van der Waals surface area contributed by atoms with E-state index in [1.54, 1.807) is 12.1 Å². The van der Waals surface area contributed by atoms with Crippen LogP contribution in [0.2, 0.25) is 0 Å². The molecule has 2 rings (SSSR count). The molecule has 5 heteroatoms.